The molecule has 176 valence electrons. The average Bonchev–Trinajstić information content (AvgIpc) is 2.89. The van der Waals surface area contributed by atoms with Crippen LogP contribution in [0, 0.1) is 0 Å². The van der Waals surface area contributed by atoms with Gasteiger partial charge in [-0.1, -0.05) is 46.9 Å². The van der Waals surface area contributed by atoms with Crippen LogP contribution >= 0.6 is 34.8 Å². The lowest BCUT2D eigenvalue weighted by atomic mass is 10.0. The first kappa shape index (κ1) is 23.5. The van der Waals surface area contributed by atoms with Crippen LogP contribution in [0.2, 0.25) is 15.1 Å². The fraction of sp³-hybridized carbons (Fsp3) is 0.160. The van der Waals surface area contributed by atoms with Crippen LogP contribution in [0.1, 0.15) is 10.6 Å². The molecule has 2 aromatic carbocycles. The summed E-state index contributed by atoms with van der Waals surface area (Å²) in [5.41, 5.74) is 2.78. The summed E-state index contributed by atoms with van der Waals surface area (Å²) >= 11 is 18.7. The summed E-state index contributed by atoms with van der Waals surface area (Å²) in [6.45, 7) is 2.26. The fourth-order valence-electron chi connectivity index (χ4n) is 3.92. The summed E-state index contributed by atoms with van der Waals surface area (Å²) in [5.74, 6) is 0.517. The molecule has 3 heterocycles. The summed E-state index contributed by atoms with van der Waals surface area (Å²) in [5, 5.41) is 1.56. The normalized spacial score (nSPS) is 13.7. The maximum Gasteiger partial charge on any atom is 0.291 e. The van der Waals surface area contributed by atoms with Gasteiger partial charge in [-0.25, -0.2) is 19.9 Å². The molecule has 0 N–H and O–H groups in total. The molecule has 0 atom stereocenters. The molecule has 5 rings (SSSR count). The van der Waals surface area contributed by atoms with Crippen molar-refractivity contribution in [1.82, 2.24) is 24.8 Å². The summed E-state index contributed by atoms with van der Waals surface area (Å²) in [4.78, 5) is 34.8. The van der Waals surface area contributed by atoms with Gasteiger partial charge in [0.2, 0.25) is 11.8 Å². The molecular weight excluding hydrogens is 507 g/mol. The van der Waals surface area contributed by atoms with Crippen molar-refractivity contribution in [2.45, 2.75) is 0 Å². The summed E-state index contributed by atoms with van der Waals surface area (Å²) in [7, 11) is 0. The van der Waals surface area contributed by atoms with Crippen LogP contribution in [0.3, 0.4) is 0 Å². The van der Waals surface area contributed by atoms with Crippen LogP contribution < -0.4 is 4.90 Å². The van der Waals surface area contributed by atoms with E-state index >= 15 is 0 Å². The quantitative estimate of drug-likeness (QED) is 0.349. The summed E-state index contributed by atoms with van der Waals surface area (Å²) in [6, 6.07) is 14.3. The number of halogens is 3. The number of benzene rings is 2. The Kier molecular flexibility index (Phi) is 6.81. The van der Waals surface area contributed by atoms with Gasteiger partial charge in [0, 0.05) is 65.9 Å². The molecule has 0 spiro atoms. The van der Waals surface area contributed by atoms with Crippen molar-refractivity contribution in [3.63, 3.8) is 0 Å². The molecule has 0 unspecified atom stereocenters. The van der Waals surface area contributed by atoms with E-state index in [0.717, 1.165) is 11.1 Å². The number of carbonyl (C=O) groups excluding carboxylic acids is 1. The lowest BCUT2D eigenvalue weighted by Crippen LogP contribution is -2.49. The highest BCUT2D eigenvalue weighted by Crippen LogP contribution is 2.36. The number of rotatable bonds is 4. The Labute approximate surface area is 217 Å². The van der Waals surface area contributed by atoms with Gasteiger partial charge in [0.15, 0.2) is 0 Å². The van der Waals surface area contributed by atoms with E-state index in [1.54, 1.807) is 59.9 Å². The first-order chi connectivity index (χ1) is 17.0. The molecule has 35 heavy (non-hydrogen) atoms. The number of hydrogen-bond acceptors (Lipinski definition) is 6. The van der Waals surface area contributed by atoms with Crippen LogP contribution in [0.15, 0.2) is 67.1 Å². The standard InChI is InChI=1S/C25H19Cl3N6O/c26-17-4-2-16(3-5-17)20-15-31-23(32-22(20)19-7-6-18(27)14-21(19)28)24(35)33-10-12-34(13-11-33)25-29-8-1-9-30-25/h1-9,14-15H,10-13H2. The number of anilines is 1. The van der Waals surface area contributed by atoms with Crippen LogP contribution in [0.5, 0.6) is 0 Å². The zero-order valence-electron chi connectivity index (χ0n) is 18.4. The van der Waals surface area contributed by atoms with Crippen molar-refractivity contribution in [3.8, 4) is 22.4 Å². The molecule has 1 amide bonds. The predicted molar refractivity (Wildman–Crippen MR) is 138 cm³/mol. The van der Waals surface area contributed by atoms with Crippen molar-refractivity contribution in [2.75, 3.05) is 31.1 Å². The highest BCUT2D eigenvalue weighted by Gasteiger charge is 2.26. The van der Waals surface area contributed by atoms with E-state index in [0.29, 0.717) is 58.5 Å². The van der Waals surface area contributed by atoms with E-state index < -0.39 is 0 Å². The Balaban J connectivity index is 1.46. The Morgan fingerprint density at radius 3 is 2.17 bits per heavy atom. The zero-order chi connectivity index (χ0) is 24.4. The van der Waals surface area contributed by atoms with Gasteiger partial charge in [0.25, 0.3) is 5.91 Å². The Morgan fingerprint density at radius 1 is 0.800 bits per heavy atom. The van der Waals surface area contributed by atoms with Gasteiger partial charge >= 0.3 is 0 Å². The van der Waals surface area contributed by atoms with Crippen molar-refractivity contribution in [2.24, 2.45) is 0 Å². The van der Waals surface area contributed by atoms with E-state index in [-0.39, 0.29) is 11.7 Å². The van der Waals surface area contributed by atoms with Gasteiger partial charge in [-0.2, -0.15) is 0 Å². The van der Waals surface area contributed by atoms with Crippen LogP contribution in [-0.2, 0) is 0 Å². The molecule has 0 saturated carbocycles. The van der Waals surface area contributed by atoms with E-state index in [1.807, 2.05) is 17.0 Å². The first-order valence-electron chi connectivity index (χ1n) is 10.9. The molecular formula is C25H19Cl3N6O. The van der Waals surface area contributed by atoms with Crippen LogP contribution in [0.4, 0.5) is 5.95 Å². The van der Waals surface area contributed by atoms with Crippen LogP contribution in [0.25, 0.3) is 22.4 Å². The van der Waals surface area contributed by atoms with Gasteiger partial charge < -0.3 is 9.80 Å². The smallest absolute Gasteiger partial charge is 0.291 e. The number of hydrogen-bond donors (Lipinski definition) is 0. The highest BCUT2D eigenvalue weighted by atomic mass is 35.5. The van der Waals surface area contributed by atoms with Gasteiger partial charge in [-0.05, 0) is 42.0 Å². The second kappa shape index (κ2) is 10.2. The third kappa shape index (κ3) is 5.07. The van der Waals surface area contributed by atoms with Crippen molar-refractivity contribution in [1.29, 1.82) is 0 Å². The molecule has 0 bridgehead atoms. The fourth-order valence-corrected chi connectivity index (χ4v) is 4.54. The molecule has 1 fully saturated rings. The van der Waals surface area contributed by atoms with Crippen molar-refractivity contribution < 1.29 is 4.79 Å². The third-order valence-corrected chi connectivity index (χ3v) is 6.52. The number of amides is 1. The SMILES string of the molecule is O=C(c1ncc(-c2ccc(Cl)cc2)c(-c2ccc(Cl)cc2Cl)n1)N1CCN(c2ncccn2)CC1. The molecule has 4 aromatic rings. The lowest BCUT2D eigenvalue weighted by molar-refractivity contribution is 0.0734. The number of aromatic nitrogens is 4. The van der Waals surface area contributed by atoms with Crippen LogP contribution in [-0.4, -0.2) is 56.9 Å². The molecule has 7 nitrogen and oxygen atoms in total. The average molecular weight is 526 g/mol. The third-order valence-electron chi connectivity index (χ3n) is 5.72. The monoisotopic (exact) mass is 524 g/mol. The van der Waals surface area contributed by atoms with Gasteiger partial charge in [-0.3, -0.25) is 4.79 Å². The topological polar surface area (TPSA) is 75.1 Å². The Morgan fingerprint density at radius 2 is 1.49 bits per heavy atom. The van der Waals surface area contributed by atoms with E-state index in [4.69, 9.17) is 34.8 Å². The van der Waals surface area contributed by atoms with Gasteiger partial charge in [0.1, 0.15) is 0 Å². The van der Waals surface area contributed by atoms with E-state index in [9.17, 15) is 4.79 Å². The molecule has 2 aromatic heterocycles. The minimum Gasteiger partial charge on any atom is -0.337 e. The second-order valence-electron chi connectivity index (χ2n) is 7.91. The van der Waals surface area contributed by atoms with Gasteiger partial charge in [0.05, 0.1) is 10.7 Å². The Hall–Kier alpha value is -3.26. The zero-order valence-corrected chi connectivity index (χ0v) is 20.7. The predicted octanol–water partition coefficient (Wildman–Crippen LogP) is 5.52. The van der Waals surface area contributed by atoms with E-state index in [1.165, 1.54) is 0 Å². The largest absolute Gasteiger partial charge is 0.337 e. The summed E-state index contributed by atoms with van der Waals surface area (Å²) in [6.07, 6.45) is 5.07. The number of carbonyl (C=O) groups is 1. The first-order valence-corrected chi connectivity index (χ1v) is 12.0. The van der Waals surface area contributed by atoms with Crippen molar-refractivity contribution in [3.05, 3.63) is 88.0 Å². The number of piperazine rings is 1. The summed E-state index contributed by atoms with van der Waals surface area (Å²) < 4.78 is 0. The number of nitrogens with zero attached hydrogens (tertiary/aromatic N) is 6. The highest BCUT2D eigenvalue weighted by molar-refractivity contribution is 6.36. The lowest BCUT2D eigenvalue weighted by Gasteiger charge is -2.34. The minimum absolute atomic E-state index is 0.105. The maximum absolute atomic E-state index is 13.3. The second-order valence-corrected chi connectivity index (χ2v) is 9.20. The maximum atomic E-state index is 13.3. The minimum atomic E-state index is -0.243. The molecule has 1 aliphatic heterocycles. The molecule has 1 saturated heterocycles. The molecule has 0 radical (unpaired) electrons. The molecule has 0 aliphatic carbocycles. The van der Waals surface area contributed by atoms with Gasteiger partial charge in [-0.15, -0.1) is 0 Å². The molecule has 1 aliphatic rings. The van der Waals surface area contributed by atoms with Crippen molar-refractivity contribution >= 4 is 46.7 Å². The van der Waals surface area contributed by atoms with E-state index in [2.05, 4.69) is 19.9 Å². The molecule has 10 heteroatoms. The Bertz CT molecular complexity index is 1360.